The number of carbonyl (C=O) groups is 1. The average molecular weight is 547 g/mol. The number of fused-ring (bicyclic) bond motifs is 1. The van der Waals surface area contributed by atoms with Gasteiger partial charge in [0.1, 0.15) is 22.6 Å². The molecule has 4 heterocycles. The first-order valence-corrected chi connectivity index (χ1v) is 12.2. The van der Waals surface area contributed by atoms with Crippen molar-refractivity contribution in [2.24, 2.45) is 0 Å². The predicted molar refractivity (Wildman–Crippen MR) is 131 cm³/mol. The third-order valence-corrected chi connectivity index (χ3v) is 6.11. The maximum absolute atomic E-state index is 12.8. The van der Waals surface area contributed by atoms with Crippen molar-refractivity contribution in [1.29, 1.82) is 0 Å². The van der Waals surface area contributed by atoms with E-state index in [-0.39, 0.29) is 34.8 Å². The van der Waals surface area contributed by atoms with E-state index in [9.17, 15) is 22.8 Å². The molecule has 0 aliphatic carbocycles. The minimum atomic E-state index is -4.90. The van der Waals surface area contributed by atoms with Crippen molar-refractivity contribution in [3.8, 4) is 28.6 Å². The molecule has 0 radical (unpaired) electrons. The molecular formula is C25H25F3N6O5. The highest BCUT2D eigenvalue weighted by Gasteiger charge is 2.33. The van der Waals surface area contributed by atoms with Crippen LogP contribution >= 0.6 is 0 Å². The van der Waals surface area contributed by atoms with Gasteiger partial charge in [0.2, 0.25) is 5.82 Å². The number of aromatic nitrogens is 5. The minimum Gasteiger partial charge on any atom is -0.444 e. The van der Waals surface area contributed by atoms with E-state index >= 15 is 0 Å². The highest BCUT2D eigenvalue weighted by Crippen LogP contribution is 2.34. The monoisotopic (exact) mass is 546 g/mol. The number of hydrogen-bond donors (Lipinski definition) is 1. The molecule has 4 aromatic rings. The third-order valence-electron chi connectivity index (χ3n) is 6.11. The lowest BCUT2D eigenvalue weighted by Gasteiger charge is -2.33. The molecular weight excluding hydrogens is 521 g/mol. The number of amides is 1. The van der Waals surface area contributed by atoms with Gasteiger partial charge in [-0.2, -0.15) is 10.1 Å². The largest absolute Gasteiger partial charge is 0.573 e. The summed E-state index contributed by atoms with van der Waals surface area (Å²) < 4.78 is 54.9. The zero-order chi connectivity index (χ0) is 27.9. The van der Waals surface area contributed by atoms with Gasteiger partial charge in [0.25, 0.3) is 11.4 Å². The molecule has 0 spiro atoms. The summed E-state index contributed by atoms with van der Waals surface area (Å²) in [5, 5.41) is 8.21. The number of H-pyrrole nitrogens is 1. The Morgan fingerprint density at radius 3 is 2.54 bits per heavy atom. The second-order valence-corrected chi connectivity index (χ2v) is 10.1. The summed E-state index contributed by atoms with van der Waals surface area (Å²) in [5.41, 5.74) is 0.243. The molecule has 0 bridgehead atoms. The summed E-state index contributed by atoms with van der Waals surface area (Å²) in [5.74, 6) is -0.719. The van der Waals surface area contributed by atoms with Crippen LogP contribution in [0.25, 0.3) is 28.5 Å². The highest BCUT2D eigenvalue weighted by molar-refractivity contribution is 5.73. The molecule has 1 aromatic carbocycles. The fourth-order valence-electron chi connectivity index (χ4n) is 4.45. The van der Waals surface area contributed by atoms with Gasteiger partial charge < -0.3 is 23.9 Å². The zero-order valence-corrected chi connectivity index (χ0v) is 21.3. The summed E-state index contributed by atoms with van der Waals surface area (Å²) in [6.45, 7) is 6.33. The molecule has 5 rings (SSSR count). The topological polar surface area (TPSA) is 128 Å². The number of nitrogens with zero attached hydrogens (tertiary/aromatic N) is 5. The number of aromatic amines is 1. The Hall–Kier alpha value is -4.36. The predicted octanol–water partition coefficient (Wildman–Crippen LogP) is 4.75. The van der Waals surface area contributed by atoms with Crippen molar-refractivity contribution in [3.63, 3.8) is 0 Å². The fourth-order valence-corrected chi connectivity index (χ4v) is 4.45. The smallest absolute Gasteiger partial charge is 0.444 e. The summed E-state index contributed by atoms with van der Waals surface area (Å²) in [7, 11) is 0. The number of hydrogen-bond acceptors (Lipinski definition) is 8. The number of piperidine rings is 1. The Bertz CT molecular complexity index is 1560. The lowest BCUT2D eigenvalue weighted by molar-refractivity contribution is -0.274. The van der Waals surface area contributed by atoms with E-state index in [0.717, 1.165) is 6.07 Å². The van der Waals surface area contributed by atoms with Gasteiger partial charge in [-0.15, -0.1) is 13.2 Å². The number of benzene rings is 1. The Labute approximate surface area is 219 Å². The standard InChI is InChI=1S/C25H25F3N6O5/c1-24(2,3)38-23(36)33-10-8-14(9-11-33)17-12-19(35)30-21-16(13-29-34(17)21)22-31-20(32-39-22)15-6-4-5-7-18(15)37-25(26,27)28/h4-7,12-14H,8-11H2,1-3H3,(H,30,35). The van der Waals surface area contributed by atoms with Crippen molar-refractivity contribution in [3.05, 3.63) is 52.6 Å². The number of alkyl halides is 3. The number of halogens is 3. The van der Waals surface area contributed by atoms with Crippen molar-refractivity contribution in [2.75, 3.05) is 13.1 Å². The van der Waals surface area contributed by atoms with Crippen LogP contribution in [0, 0.1) is 0 Å². The van der Waals surface area contributed by atoms with Gasteiger partial charge in [-0.25, -0.2) is 9.31 Å². The first-order chi connectivity index (χ1) is 18.4. The van der Waals surface area contributed by atoms with Gasteiger partial charge in [0.15, 0.2) is 0 Å². The number of rotatable bonds is 4. The molecule has 0 atom stereocenters. The summed E-state index contributed by atoms with van der Waals surface area (Å²) in [6.07, 6.45) is -2.67. The van der Waals surface area contributed by atoms with E-state index in [0.29, 0.717) is 42.8 Å². The number of carbonyl (C=O) groups excluding carboxylic acids is 1. The van der Waals surface area contributed by atoms with Gasteiger partial charge in [-0.3, -0.25) is 4.79 Å². The van der Waals surface area contributed by atoms with Crippen LogP contribution in [-0.2, 0) is 4.74 Å². The normalized spacial score (nSPS) is 15.1. The number of para-hydroxylation sites is 1. The first kappa shape index (κ1) is 26.3. The van der Waals surface area contributed by atoms with E-state index in [1.54, 1.807) is 30.2 Å². The highest BCUT2D eigenvalue weighted by atomic mass is 19.4. The maximum Gasteiger partial charge on any atom is 0.573 e. The lowest BCUT2D eigenvalue weighted by Crippen LogP contribution is -2.41. The summed E-state index contributed by atoms with van der Waals surface area (Å²) in [6, 6.07) is 6.88. The van der Waals surface area contributed by atoms with E-state index in [4.69, 9.17) is 9.26 Å². The fraction of sp³-hybridized carbons (Fsp3) is 0.400. The van der Waals surface area contributed by atoms with Gasteiger partial charge in [0, 0.05) is 25.1 Å². The van der Waals surface area contributed by atoms with Crippen LogP contribution in [0.3, 0.4) is 0 Å². The van der Waals surface area contributed by atoms with Gasteiger partial charge in [-0.05, 0) is 45.7 Å². The average Bonchev–Trinajstić information content (AvgIpc) is 3.49. The Morgan fingerprint density at radius 2 is 1.85 bits per heavy atom. The molecule has 3 aromatic heterocycles. The lowest BCUT2D eigenvalue weighted by atomic mass is 9.93. The molecule has 1 saturated heterocycles. The molecule has 206 valence electrons. The molecule has 1 amide bonds. The molecule has 1 fully saturated rings. The quantitative estimate of drug-likeness (QED) is 0.388. The van der Waals surface area contributed by atoms with Crippen molar-refractivity contribution >= 4 is 11.7 Å². The summed E-state index contributed by atoms with van der Waals surface area (Å²) in [4.78, 5) is 33.6. The molecule has 1 aliphatic rings. The minimum absolute atomic E-state index is 0.0211. The number of ether oxygens (including phenoxy) is 2. The third kappa shape index (κ3) is 5.73. The van der Waals surface area contributed by atoms with Crippen molar-refractivity contribution < 1.29 is 32.0 Å². The molecule has 39 heavy (non-hydrogen) atoms. The zero-order valence-electron chi connectivity index (χ0n) is 21.3. The second-order valence-electron chi connectivity index (χ2n) is 10.1. The molecule has 1 aliphatic heterocycles. The van der Waals surface area contributed by atoms with Crippen LogP contribution in [0.2, 0.25) is 0 Å². The van der Waals surface area contributed by atoms with Crippen LogP contribution < -0.4 is 10.3 Å². The van der Waals surface area contributed by atoms with Crippen LogP contribution in [-0.4, -0.2) is 60.8 Å². The Balaban J connectivity index is 1.41. The maximum atomic E-state index is 12.8. The van der Waals surface area contributed by atoms with Gasteiger partial charge in [0.05, 0.1) is 17.5 Å². The molecule has 14 heteroatoms. The van der Waals surface area contributed by atoms with E-state index in [1.165, 1.54) is 30.5 Å². The molecule has 0 unspecified atom stereocenters. The van der Waals surface area contributed by atoms with E-state index in [2.05, 4.69) is 25.0 Å². The second kappa shape index (κ2) is 9.75. The van der Waals surface area contributed by atoms with Crippen LogP contribution in [0.4, 0.5) is 18.0 Å². The van der Waals surface area contributed by atoms with E-state index < -0.39 is 17.7 Å². The summed E-state index contributed by atoms with van der Waals surface area (Å²) >= 11 is 0. The molecule has 11 nitrogen and oxygen atoms in total. The van der Waals surface area contributed by atoms with Crippen LogP contribution in [0.1, 0.15) is 45.2 Å². The van der Waals surface area contributed by atoms with Crippen molar-refractivity contribution in [2.45, 2.75) is 51.5 Å². The van der Waals surface area contributed by atoms with Crippen LogP contribution in [0.15, 0.2) is 45.8 Å². The van der Waals surface area contributed by atoms with Crippen molar-refractivity contribution in [1.82, 2.24) is 29.6 Å². The first-order valence-electron chi connectivity index (χ1n) is 12.2. The van der Waals surface area contributed by atoms with Gasteiger partial charge in [-0.1, -0.05) is 17.3 Å². The van der Waals surface area contributed by atoms with Gasteiger partial charge >= 0.3 is 12.5 Å². The number of nitrogens with one attached hydrogen (secondary N) is 1. The van der Waals surface area contributed by atoms with E-state index in [1.807, 2.05) is 0 Å². The van der Waals surface area contributed by atoms with Crippen LogP contribution in [0.5, 0.6) is 5.75 Å². The number of likely N-dealkylation sites (tertiary alicyclic amines) is 1. The SMILES string of the molecule is CC(C)(C)OC(=O)N1CCC(c2cc(=O)[nH]c3c(-c4nc(-c5ccccc5OC(F)(F)F)no4)cnn23)CC1. The molecule has 0 saturated carbocycles. The Kier molecular flexibility index (Phi) is 6.56. The Morgan fingerprint density at radius 1 is 1.13 bits per heavy atom. The molecule has 1 N–H and O–H groups in total.